The fourth-order valence-corrected chi connectivity index (χ4v) is 6.65. The van der Waals surface area contributed by atoms with Crippen molar-refractivity contribution in [2.24, 2.45) is 23.0 Å². The van der Waals surface area contributed by atoms with Crippen molar-refractivity contribution in [1.29, 1.82) is 0 Å². The van der Waals surface area contributed by atoms with Crippen LogP contribution in [0.3, 0.4) is 0 Å². The van der Waals surface area contributed by atoms with E-state index in [9.17, 15) is 14.8 Å². The molecule has 7 aliphatic rings. The van der Waals surface area contributed by atoms with Gasteiger partial charge in [0.25, 0.3) is 0 Å². The highest BCUT2D eigenvalue weighted by molar-refractivity contribution is 5.34. The lowest BCUT2D eigenvalue weighted by Gasteiger charge is -2.73. The third kappa shape index (κ3) is 0.903. The van der Waals surface area contributed by atoms with Crippen molar-refractivity contribution in [2.45, 2.75) is 49.9 Å². The molecular formula is C15H17N5O3. The summed E-state index contributed by atoms with van der Waals surface area (Å²) in [4.78, 5) is 26.1. The van der Waals surface area contributed by atoms with Gasteiger partial charge in [0.15, 0.2) is 6.04 Å². The summed E-state index contributed by atoms with van der Waals surface area (Å²) in [5.41, 5.74) is -0.936. The smallest absolute Gasteiger partial charge is 0.347 e. The van der Waals surface area contributed by atoms with E-state index in [-0.39, 0.29) is 46.4 Å². The quantitative estimate of drug-likeness (QED) is 0.391. The third-order valence-electron chi connectivity index (χ3n) is 7.50. The molecule has 8 heteroatoms. The van der Waals surface area contributed by atoms with E-state index in [1.54, 1.807) is 9.36 Å². The molecule has 0 aromatic carbocycles. The maximum Gasteiger partial charge on any atom is 0.347 e. The molecule has 8 rings (SSSR count). The minimum Gasteiger partial charge on any atom is -0.600 e. The number of hydrogen-bond donors (Lipinski definition) is 0. The molecule has 4 aliphatic heterocycles. The predicted octanol–water partition coefficient (Wildman–Crippen LogP) is 0.288. The number of allylic oxidation sites excluding steroid dienone is 2. The highest BCUT2D eigenvalue weighted by Crippen LogP contribution is 2.78. The van der Waals surface area contributed by atoms with Crippen LogP contribution >= 0.6 is 0 Å². The summed E-state index contributed by atoms with van der Waals surface area (Å²) in [6.45, 7) is 0. The summed E-state index contributed by atoms with van der Waals surface area (Å²) < 4.78 is 4.43. The van der Waals surface area contributed by atoms with E-state index < -0.39 is 0 Å². The van der Waals surface area contributed by atoms with E-state index in [1.165, 1.54) is 11.6 Å². The summed E-state index contributed by atoms with van der Waals surface area (Å²) in [6, 6.07) is -0.572. The normalized spacial score (nSPS) is 47.6. The zero-order valence-corrected chi connectivity index (χ0v) is 12.8. The fourth-order valence-electron chi connectivity index (χ4n) is 6.65. The Morgan fingerprint density at radius 1 is 1.13 bits per heavy atom. The van der Waals surface area contributed by atoms with Gasteiger partial charge < -0.3 is 5.21 Å². The molecule has 0 spiro atoms. The van der Waals surface area contributed by atoms with Crippen LogP contribution < -0.4 is 11.4 Å². The first-order valence-electron chi connectivity index (χ1n) is 8.29. The van der Waals surface area contributed by atoms with Gasteiger partial charge in [-0.15, -0.1) is 0 Å². The topological polar surface area (TPSA) is 87.4 Å². The maximum absolute atomic E-state index is 12.6. The molecule has 8 nitrogen and oxygen atoms in total. The van der Waals surface area contributed by atoms with Gasteiger partial charge in [0.2, 0.25) is 0 Å². The summed E-state index contributed by atoms with van der Waals surface area (Å²) in [5, 5.41) is 16.8. The standard InChI is InChI=1S/C15H17N5O3/c1-17-12(21)18-9-4-5-10(19(18)13(17)22)15-7-6-14(9,15)8-2-3-11(15)20(23)16-8/h4-5,8-11H,2-3,6-7H2,1H3/t8-,9-,10+,11+,14+,15+/m0/s1. The number of aromatic nitrogens is 3. The Morgan fingerprint density at radius 3 is 2.30 bits per heavy atom. The maximum atomic E-state index is 12.6. The first-order chi connectivity index (χ1) is 11.0. The van der Waals surface area contributed by atoms with E-state index in [4.69, 9.17) is 0 Å². The molecule has 1 aromatic rings. The fraction of sp³-hybridized carbons (Fsp3) is 0.733. The lowest BCUT2D eigenvalue weighted by Crippen LogP contribution is -2.78. The first-order valence-corrected chi connectivity index (χ1v) is 8.29. The summed E-state index contributed by atoms with van der Waals surface area (Å²) in [6.07, 6.45) is 7.79. The van der Waals surface area contributed by atoms with Gasteiger partial charge in [0.1, 0.15) is 6.04 Å². The van der Waals surface area contributed by atoms with Crippen molar-refractivity contribution >= 4 is 0 Å². The lowest BCUT2D eigenvalue weighted by atomic mass is 9.34. The molecule has 0 N–H and O–H groups in total. The molecule has 0 unspecified atom stereocenters. The number of fused-ring (bicyclic) bond motifs is 1. The molecule has 0 radical (unpaired) electrons. The monoisotopic (exact) mass is 315 g/mol. The zero-order chi connectivity index (χ0) is 15.7. The molecule has 3 aliphatic carbocycles. The van der Waals surface area contributed by atoms with Gasteiger partial charge >= 0.3 is 11.4 Å². The molecule has 0 amide bonds. The second-order valence-corrected chi connectivity index (χ2v) is 7.70. The second kappa shape index (κ2) is 3.22. The molecule has 23 heavy (non-hydrogen) atoms. The van der Waals surface area contributed by atoms with Gasteiger partial charge in [-0.1, -0.05) is 17.0 Å². The Labute approximate surface area is 130 Å². The molecule has 6 atom stereocenters. The Kier molecular flexibility index (Phi) is 1.73. The average Bonchev–Trinajstić information content (AvgIpc) is 2.75. The molecule has 5 heterocycles. The minimum absolute atomic E-state index is 0.0350. The van der Waals surface area contributed by atoms with Gasteiger partial charge in [-0.05, 0) is 24.4 Å². The van der Waals surface area contributed by atoms with E-state index in [0.29, 0.717) is 0 Å². The lowest BCUT2D eigenvalue weighted by molar-refractivity contribution is -0.635. The van der Waals surface area contributed by atoms with E-state index in [0.717, 1.165) is 30.5 Å². The van der Waals surface area contributed by atoms with Gasteiger partial charge in [0, 0.05) is 18.9 Å². The van der Waals surface area contributed by atoms with Crippen molar-refractivity contribution in [3.05, 3.63) is 38.3 Å². The van der Waals surface area contributed by atoms with Crippen molar-refractivity contribution < 1.29 is 4.86 Å². The summed E-state index contributed by atoms with van der Waals surface area (Å²) in [7, 11) is 1.53. The number of azo groups is 1. The van der Waals surface area contributed by atoms with E-state index >= 15 is 0 Å². The SMILES string of the molecule is Cn1c(=O)n2n(c1=O)[C@@H]1C=C[C@H]2[C@]23CC[C@]12[C@H]1CC[C@@H]3N=[N+]1[O-]. The van der Waals surface area contributed by atoms with Crippen LogP contribution in [0.25, 0.3) is 0 Å². The molecule has 2 saturated carbocycles. The van der Waals surface area contributed by atoms with Gasteiger partial charge in [0.05, 0.1) is 17.5 Å². The van der Waals surface area contributed by atoms with Gasteiger partial charge in [-0.2, -0.15) is 0 Å². The second-order valence-electron chi connectivity index (χ2n) is 7.70. The Morgan fingerprint density at radius 2 is 1.74 bits per heavy atom. The summed E-state index contributed by atoms with van der Waals surface area (Å²) >= 11 is 0. The number of hydrogen-bond acceptors (Lipinski definition) is 4. The van der Waals surface area contributed by atoms with Crippen molar-refractivity contribution in [3.8, 4) is 0 Å². The molecule has 2 fully saturated rings. The average molecular weight is 315 g/mol. The molecular weight excluding hydrogens is 298 g/mol. The Hall–Kier alpha value is -2.12. The van der Waals surface area contributed by atoms with Crippen LogP contribution in [-0.4, -0.2) is 30.9 Å². The molecule has 120 valence electrons. The molecule has 1 aromatic heterocycles. The number of nitrogens with zero attached hydrogens (tertiary/aromatic N) is 5. The van der Waals surface area contributed by atoms with Crippen LogP contribution in [0, 0.1) is 16.0 Å². The molecule has 0 saturated heterocycles. The van der Waals surface area contributed by atoms with Crippen LogP contribution in [-0.2, 0) is 7.05 Å². The van der Waals surface area contributed by atoms with Crippen molar-refractivity contribution in [2.75, 3.05) is 0 Å². The van der Waals surface area contributed by atoms with Gasteiger partial charge in [-0.3, -0.25) is 0 Å². The van der Waals surface area contributed by atoms with Crippen molar-refractivity contribution in [3.63, 3.8) is 0 Å². The van der Waals surface area contributed by atoms with Crippen LogP contribution in [0.15, 0.2) is 26.9 Å². The first kappa shape index (κ1) is 12.3. The van der Waals surface area contributed by atoms with Crippen LogP contribution in [0.2, 0.25) is 0 Å². The zero-order valence-electron chi connectivity index (χ0n) is 12.8. The highest BCUT2D eigenvalue weighted by Gasteiger charge is 2.82. The van der Waals surface area contributed by atoms with E-state index in [1.807, 2.05) is 0 Å². The van der Waals surface area contributed by atoms with Crippen LogP contribution in [0.5, 0.6) is 0 Å². The third-order valence-corrected chi connectivity index (χ3v) is 7.50. The Bertz CT molecular complexity index is 951. The van der Waals surface area contributed by atoms with Crippen LogP contribution in [0.4, 0.5) is 0 Å². The van der Waals surface area contributed by atoms with Gasteiger partial charge in [-0.25, -0.2) is 23.5 Å². The van der Waals surface area contributed by atoms with E-state index in [2.05, 4.69) is 17.3 Å². The summed E-state index contributed by atoms with van der Waals surface area (Å²) in [5.74, 6) is 0. The largest absolute Gasteiger partial charge is 0.600 e. The number of rotatable bonds is 0. The minimum atomic E-state index is -0.278. The Balaban J connectivity index is 1.75. The predicted molar refractivity (Wildman–Crippen MR) is 78.1 cm³/mol. The molecule has 4 bridgehead atoms. The van der Waals surface area contributed by atoms with Crippen molar-refractivity contribution in [1.82, 2.24) is 13.9 Å². The highest BCUT2D eigenvalue weighted by atomic mass is 16.5. The number of hydroxylamine groups is 1. The van der Waals surface area contributed by atoms with Crippen LogP contribution in [0.1, 0.15) is 37.8 Å².